The van der Waals surface area contributed by atoms with E-state index in [-0.39, 0.29) is 12.2 Å². The van der Waals surface area contributed by atoms with Crippen LogP contribution in [0.4, 0.5) is 5.69 Å². The number of halogens is 2. The fourth-order valence-electron chi connectivity index (χ4n) is 2.46. The summed E-state index contributed by atoms with van der Waals surface area (Å²) in [5, 5.41) is 13.4. The molecule has 112 valence electrons. The Bertz CT molecular complexity index is 775. The second kappa shape index (κ2) is 5.75. The number of fused-ring (bicyclic) bond motifs is 1. The highest BCUT2D eigenvalue weighted by molar-refractivity contribution is 14.1. The number of hydrogen-bond acceptors (Lipinski definition) is 3. The van der Waals surface area contributed by atoms with Crippen LogP contribution in [0, 0.1) is 3.57 Å². The van der Waals surface area contributed by atoms with Gasteiger partial charge in [0.15, 0.2) is 11.4 Å². The number of nitrogens with one attached hydrogen (secondary N) is 1. The molecule has 22 heavy (non-hydrogen) atoms. The summed E-state index contributed by atoms with van der Waals surface area (Å²) in [6, 6.07) is 12.2. The van der Waals surface area contributed by atoms with Crippen molar-refractivity contribution in [1.82, 2.24) is 0 Å². The van der Waals surface area contributed by atoms with E-state index in [9.17, 15) is 14.7 Å². The normalized spacial score (nSPS) is 19.7. The second-order valence-electron chi connectivity index (χ2n) is 5.11. The smallest absolute Gasteiger partial charge is 0.261 e. The van der Waals surface area contributed by atoms with Crippen LogP contribution in [0.3, 0.4) is 0 Å². The molecule has 0 aliphatic carbocycles. The molecule has 0 aromatic heterocycles. The average molecular weight is 472 g/mol. The Kier molecular flexibility index (Phi) is 4.09. The number of benzene rings is 2. The third kappa shape index (κ3) is 2.70. The minimum absolute atomic E-state index is 0.276. The molecule has 4 nitrogen and oxygen atoms in total. The molecular formula is C16H11BrINO3. The Hall–Kier alpha value is -1.25. The lowest BCUT2D eigenvalue weighted by atomic mass is 9.88. The molecule has 2 aromatic rings. The highest BCUT2D eigenvalue weighted by atomic mass is 127. The molecule has 1 aliphatic rings. The van der Waals surface area contributed by atoms with Crippen LogP contribution in [0.5, 0.6) is 0 Å². The van der Waals surface area contributed by atoms with Crippen molar-refractivity contribution in [3.05, 3.63) is 61.6 Å². The highest BCUT2D eigenvalue weighted by Crippen LogP contribution is 2.40. The van der Waals surface area contributed by atoms with Gasteiger partial charge in [-0.05, 0) is 52.9 Å². The van der Waals surface area contributed by atoms with Gasteiger partial charge in [0.2, 0.25) is 0 Å². The number of Topliss-reactive ketones (excluding diaryl/α,β-unsaturated/α-hetero) is 1. The van der Waals surface area contributed by atoms with Gasteiger partial charge in [0.25, 0.3) is 5.91 Å². The molecule has 1 atom stereocenters. The number of rotatable bonds is 3. The van der Waals surface area contributed by atoms with E-state index in [4.69, 9.17) is 0 Å². The quantitative estimate of drug-likeness (QED) is 0.532. The van der Waals surface area contributed by atoms with Crippen molar-refractivity contribution < 1.29 is 14.7 Å². The van der Waals surface area contributed by atoms with Crippen LogP contribution >= 0.6 is 38.5 Å². The zero-order chi connectivity index (χ0) is 15.9. The Balaban J connectivity index is 1.94. The maximum atomic E-state index is 12.4. The van der Waals surface area contributed by atoms with E-state index in [0.717, 1.165) is 8.04 Å². The maximum absolute atomic E-state index is 12.4. The van der Waals surface area contributed by atoms with Crippen LogP contribution in [0.2, 0.25) is 0 Å². The number of amides is 1. The predicted molar refractivity (Wildman–Crippen MR) is 94.8 cm³/mol. The summed E-state index contributed by atoms with van der Waals surface area (Å²) in [7, 11) is 0. The summed E-state index contributed by atoms with van der Waals surface area (Å²) < 4.78 is 1.75. The van der Waals surface area contributed by atoms with E-state index >= 15 is 0 Å². The molecule has 1 heterocycles. The summed E-state index contributed by atoms with van der Waals surface area (Å²) in [5.74, 6) is -0.846. The van der Waals surface area contributed by atoms with Gasteiger partial charge >= 0.3 is 0 Å². The van der Waals surface area contributed by atoms with E-state index < -0.39 is 11.5 Å². The van der Waals surface area contributed by atoms with Crippen LogP contribution in [0.15, 0.2) is 46.9 Å². The molecule has 1 amide bonds. The van der Waals surface area contributed by atoms with E-state index in [2.05, 4.69) is 43.8 Å². The first-order valence-electron chi connectivity index (χ1n) is 6.53. The van der Waals surface area contributed by atoms with Crippen molar-refractivity contribution >= 4 is 55.9 Å². The standard InChI is InChI=1S/C16H11BrINO3/c17-10-3-6-13-12(7-10)16(22,15(21)19-13)8-14(20)9-1-4-11(18)5-2-9/h1-7,22H,8H2,(H,19,21). The van der Waals surface area contributed by atoms with Crippen molar-refractivity contribution in [2.45, 2.75) is 12.0 Å². The molecule has 3 rings (SSSR count). The van der Waals surface area contributed by atoms with E-state index in [0.29, 0.717) is 16.8 Å². The number of hydrogen-bond donors (Lipinski definition) is 2. The van der Waals surface area contributed by atoms with Gasteiger partial charge in [0.1, 0.15) is 0 Å². The van der Waals surface area contributed by atoms with Crippen molar-refractivity contribution in [2.75, 3.05) is 5.32 Å². The molecule has 0 fully saturated rings. The third-order valence-electron chi connectivity index (χ3n) is 3.63. The zero-order valence-electron chi connectivity index (χ0n) is 11.3. The van der Waals surface area contributed by atoms with Crippen LogP contribution < -0.4 is 5.32 Å². The van der Waals surface area contributed by atoms with E-state index in [1.54, 1.807) is 30.3 Å². The Morgan fingerprint density at radius 2 is 1.91 bits per heavy atom. The molecule has 6 heteroatoms. The molecule has 1 aliphatic heterocycles. The van der Waals surface area contributed by atoms with Gasteiger partial charge in [0, 0.05) is 24.9 Å². The number of ketones is 1. The number of aliphatic hydroxyl groups is 1. The fraction of sp³-hybridized carbons (Fsp3) is 0.125. The number of carbonyl (C=O) groups excluding carboxylic acids is 2. The Morgan fingerprint density at radius 1 is 1.23 bits per heavy atom. The average Bonchev–Trinajstić information content (AvgIpc) is 2.71. The lowest BCUT2D eigenvalue weighted by molar-refractivity contribution is -0.133. The van der Waals surface area contributed by atoms with E-state index in [1.807, 2.05) is 12.1 Å². The van der Waals surface area contributed by atoms with Gasteiger partial charge in [-0.15, -0.1) is 0 Å². The molecule has 0 saturated carbocycles. The third-order valence-corrected chi connectivity index (χ3v) is 4.85. The largest absolute Gasteiger partial charge is 0.375 e. The van der Waals surface area contributed by atoms with Gasteiger partial charge in [-0.1, -0.05) is 28.1 Å². The minimum atomic E-state index is -1.83. The first-order valence-corrected chi connectivity index (χ1v) is 8.40. The van der Waals surface area contributed by atoms with Crippen LogP contribution in [0.25, 0.3) is 0 Å². The zero-order valence-corrected chi connectivity index (χ0v) is 15.0. The van der Waals surface area contributed by atoms with Crippen molar-refractivity contribution in [3.8, 4) is 0 Å². The lowest BCUT2D eigenvalue weighted by Crippen LogP contribution is -2.36. The monoisotopic (exact) mass is 471 g/mol. The van der Waals surface area contributed by atoms with Gasteiger partial charge in [0.05, 0.1) is 6.42 Å². The number of anilines is 1. The summed E-state index contributed by atoms with van der Waals surface area (Å²) in [5.41, 5.74) is -0.402. The topological polar surface area (TPSA) is 66.4 Å². The first-order chi connectivity index (χ1) is 10.4. The van der Waals surface area contributed by atoms with Crippen LogP contribution in [-0.4, -0.2) is 16.8 Å². The second-order valence-corrected chi connectivity index (χ2v) is 7.27. The highest BCUT2D eigenvalue weighted by Gasteiger charge is 2.46. The van der Waals surface area contributed by atoms with Gasteiger partial charge < -0.3 is 10.4 Å². The summed E-state index contributed by atoms with van der Waals surface area (Å²) in [6.45, 7) is 0. The SMILES string of the molecule is O=C(CC1(O)C(=O)Nc2ccc(Br)cc21)c1ccc(I)cc1. The summed E-state index contributed by atoms with van der Waals surface area (Å²) in [4.78, 5) is 24.6. The minimum Gasteiger partial charge on any atom is -0.375 e. The van der Waals surface area contributed by atoms with Crippen molar-refractivity contribution in [1.29, 1.82) is 0 Å². The Morgan fingerprint density at radius 3 is 2.59 bits per heavy atom. The predicted octanol–water partition coefficient (Wildman–Crippen LogP) is 3.47. The maximum Gasteiger partial charge on any atom is 0.261 e. The summed E-state index contributed by atoms with van der Waals surface area (Å²) in [6.07, 6.45) is -0.289. The number of carbonyl (C=O) groups is 2. The van der Waals surface area contributed by atoms with E-state index in [1.165, 1.54) is 0 Å². The lowest BCUT2D eigenvalue weighted by Gasteiger charge is -2.20. The van der Waals surface area contributed by atoms with Crippen molar-refractivity contribution in [3.63, 3.8) is 0 Å². The molecule has 0 saturated heterocycles. The molecule has 0 radical (unpaired) electrons. The Labute approximate surface area is 149 Å². The van der Waals surface area contributed by atoms with Gasteiger partial charge in [-0.25, -0.2) is 0 Å². The summed E-state index contributed by atoms with van der Waals surface area (Å²) >= 11 is 5.47. The van der Waals surface area contributed by atoms with Gasteiger partial charge in [-0.2, -0.15) is 0 Å². The molecule has 1 unspecified atom stereocenters. The van der Waals surface area contributed by atoms with Crippen LogP contribution in [0.1, 0.15) is 22.3 Å². The van der Waals surface area contributed by atoms with Crippen LogP contribution in [-0.2, 0) is 10.4 Å². The first kappa shape index (κ1) is 15.6. The molecule has 0 bridgehead atoms. The molecule has 0 spiro atoms. The molecule has 2 N–H and O–H groups in total. The molecular weight excluding hydrogens is 461 g/mol. The fourth-order valence-corrected chi connectivity index (χ4v) is 3.18. The molecule has 2 aromatic carbocycles. The van der Waals surface area contributed by atoms with Gasteiger partial charge in [-0.3, -0.25) is 9.59 Å². The van der Waals surface area contributed by atoms with Crippen molar-refractivity contribution in [2.24, 2.45) is 0 Å².